The summed E-state index contributed by atoms with van der Waals surface area (Å²) in [6.45, 7) is 8.24. The van der Waals surface area contributed by atoms with Crippen LogP contribution >= 0.6 is 0 Å². The van der Waals surface area contributed by atoms with Crippen LogP contribution in [0.25, 0.3) is 0 Å². The summed E-state index contributed by atoms with van der Waals surface area (Å²) in [6.07, 6.45) is 5.93. The Labute approximate surface area is 118 Å². The number of hydrogen-bond acceptors (Lipinski definition) is 3. The molecule has 4 nitrogen and oxygen atoms in total. The smallest absolute Gasteiger partial charge is 0.237 e. The first kappa shape index (κ1) is 16.4. The monoisotopic (exact) mass is 269 g/mol. The first-order chi connectivity index (χ1) is 9.19. The lowest BCUT2D eigenvalue weighted by atomic mass is 9.93. The lowest BCUT2D eigenvalue weighted by Gasteiger charge is -2.35. The third kappa shape index (κ3) is 5.91. The number of carbonyl (C=O) groups is 1. The van der Waals surface area contributed by atoms with Crippen LogP contribution in [0.2, 0.25) is 0 Å². The SMILES string of the molecule is CCCCNC(=O)C(C)N1CCC(CCNC)CC1. The average molecular weight is 269 g/mol. The van der Waals surface area contributed by atoms with Crippen LogP contribution in [-0.4, -0.2) is 50.1 Å². The van der Waals surface area contributed by atoms with Crippen LogP contribution in [0.4, 0.5) is 0 Å². The molecular formula is C15H31N3O. The molecule has 0 spiro atoms. The minimum atomic E-state index is 0.0297. The van der Waals surface area contributed by atoms with Crippen molar-refractivity contribution in [3.8, 4) is 0 Å². The molecule has 4 heteroatoms. The number of amides is 1. The molecule has 1 rings (SSSR count). The van der Waals surface area contributed by atoms with Crippen molar-refractivity contribution in [1.82, 2.24) is 15.5 Å². The van der Waals surface area contributed by atoms with Crippen molar-refractivity contribution in [2.24, 2.45) is 5.92 Å². The Kier molecular flexibility index (Phi) is 8.07. The summed E-state index contributed by atoms with van der Waals surface area (Å²) in [5.41, 5.74) is 0. The summed E-state index contributed by atoms with van der Waals surface area (Å²) in [4.78, 5) is 14.3. The minimum absolute atomic E-state index is 0.0297. The number of carbonyl (C=O) groups excluding carboxylic acids is 1. The van der Waals surface area contributed by atoms with E-state index in [0.29, 0.717) is 0 Å². The molecule has 19 heavy (non-hydrogen) atoms. The molecule has 0 radical (unpaired) electrons. The number of rotatable bonds is 8. The Balaban J connectivity index is 2.23. The zero-order valence-electron chi connectivity index (χ0n) is 12.9. The largest absolute Gasteiger partial charge is 0.355 e. The summed E-state index contributed by atoms with van der Waals surface area (Å²) >= 11 is 0. The molecule has 0 aromatic heterocycles. The molecule has 112 valence electrons. The van der Waals surface area contributed by atoms with Crippen LogP contribution in [0.5, 0.6) is 0 Å². The van der Waals surface area contributed by atoms with E-state index < -0.39 is 0 Å². The van der Waals surface area contributed by atoms with Gasteiger partial charge in [0, 0.05) is 6.54 Å². The van der Waals surface area contributed by atoms with Crippen LogP contribution in [0, 0.1) is 5.92 Å². The highest BCUT2D eigenvalue weighted by atomic mass is 16.2. The molecule has 1 saturated heterocycles. The van der Waals surface area contributed by atoms with Crippen molar-refractivity contribution >= 4 is 5.91 Å². The van der Waals surface area contributed by atoms with Gasteiger partial charge in [0.2, 0.25) is 5.91 Å². The van der Waals surface area contributed by atoms with E-state index in [-0.39, 0.29) is 11.9 Å². The summed E-state index contributed by atoms with van der Waals surface area (Å²) in [6, 6.07) is 0.0297. The molecule has 0 aromatic carbocycles. The Morgan fingerprint density at radius 3 is 2.58 bits per heavy atom. The lowest BCUT2D eigenvalue weighted by Crippen LogP contribution is -2.48. The van der Waals surface area contributed by atoms with Gasteiger partial charge >= 0.3 is 0 Å². The molecule has 1 fully saturated rings. The van der Waals surface area contributed by atoms with Crippen molar-refractivity contribution in [2.75, 3.05) is 33.2 Å². The Hall–Kier alpha value is -0.610. The first-order valence-corrected chi connectivity index (χ1v) is 7.85. The van der Waals surface area contributed by atoms with Gasteiger partial charge in [0.25, 0.3) is 0 Å². The molecule has 1 unspecified atom stereocenters. The summed E-state index contributed by atoms with van der Waals surface area (Å²) in [5, 5.41) is 6.25. The lowest BCUT2D eigenvalue weighted by molar-refractivity contribution is -0.126. The average Bonchev–Trinajstić information content (AvgIpc) is 2.45. The van der Waals surface area contributed by atoms with Gasteiger partial charge in [-0.2, -0.15) is 0 Å². The van der Waals surface area contributed by atoms with Crippen LogP contribution in [0.3, 0.4) is 0 Å². The summed E-state index contributed by atoms with van der Waals surface area (Å²) in [5.74, 6) is 1.03. The highest BCUT2D eigenvalue weighted by Crippen LogP contribution is 2.21. The van der Waals surface area contributed by atoms with Crippen LogP contribution < -0.4 is 10.6 Å². The fourth-order valence-electron chi connectivity index (χ4n) is 2.68. The van der Waals surface area contributed by atoms with Gasteiger partial charge in [0.15, 0.2) is 0 Å². The zero-order chi connectivity index (χ0) is 14.1. The molecule has 0 aromatic rings. The molecule has 1 heterocycles. The number of nitrogens with one attached hydrogen (secondary N) is 2. The highest BCUT2D eigenvalue weighted by Gasteiger charge is 2.25. The van der Waals surface area contributed by atoms with E-state index in [1.165, 1.54) is 19.3 Å². The first-order valence-electron chi connectivity index (χ1n) is 7.85. The second-order valence-corrected chi connectivity index (χ2v) is 5.69. The van der Waals surface area contributed by atoms with Gasteiger partial charge in [-0.05, 0) is 65.2 Å². The fourth-order valence-corrected chi connectivity index (χ4v) is 2.68. The van der Waals surface area contributed by atoms with Crippen molar-refractivity contribution in [3.63, 3.8) is 0 Å². The minimum Gasteiger partial charge on any atom is -0.355 e. The van der Waals surface area contributed by atoms with E-state index in [9.17, 15) is 4.79 Å². The maximum atomic E-state index is 12.0. The topological polar surface area (TPSA) is 44.4 Å². The molecule has 1 aliphatic heterocycles. The van der Waals surface area contributed by atoms with Crippen LogP contribution in [0.15, 0.2) is 0 Å². The standard InChI is InChI=1S/C15H31N3O/c1-4-5-9-17-15(19)13(2)18-11-7-14(8-12-18)6-10-16-3/h13-14,16H,4-12H2,1-3H3,(H,17,19). The number of likely N-dealkylation sites (tertiary alicyclic amines) is 1. The third-order valence-electron chi connectivity index (χ3n) is 4.21. The van der Waals surface area contributed by atoms with Crippen LogP contribution in [0.1, 0.15) is 46.0 Å². The van der Waals surface area contributed by atoms with Crippen molar-refractivity contribution in [3.05, 3.63) is 0 Å². The maximum absolute atomic E-state index is 12.0. The Morgan fingerprint density at radius 2 is 2.00 bits per heavy atom. The van der Waals surface area contributed by atoms with Crippen LogP contribution in [-0.2, 0) is 4.79 Å². The third-order valence-corrected chi connectivity index (χ3v) is 4.21. The van der Waals surface area contributed by atoms with E-state index in [1.54, 1.807) is 0 Å². The normalized spacial score (nSPS) is 19.3. The number of nitrogens with zero attached hydrogens (tertiary/aromatic N) is 1. The predicted molar refractivity (Wildman–Crippen MR) is 80.2 cm³/mol. The van der Waals surface area contributed by atoms with Gasteiger partial charge in [0.1, 0.15) is 0 Å². The van der Waals surface area contributed by atoms with E-state index in [1.807, 2.05) is 14.0 Å². The summed E-state index contributed by atoms with van der Waals surface area (Å²) in [7, 11) is 2.01. The second kappa shape index (κ2) is 9.32. The fraction of sp³-hybridized carbons (Fsp3) is 0.933. The molecule has 2 N–H and O–H groups in total. The van der Waals surface area contributed by atoms with Gasteiger partial charge in [0.05, 0.1) is 6.04 Å². The maximum Gasteiger partial charge on any atom is 0.237 e. The number of piperidine rings is 1. The van der Waals surface area contributed by atoms with Crippen molar-refractivity contribution in [2.45, 2.75) is 52.0 Å². The quantitative estimate of drug-likeness (QED) is 0.658. The van der Waals surface area contributed by atoms with Gasteiger partial charge < -0.3 is 10.6 Å². The van der Waals surface area contributed by atoms with Gasteiger partial charge in [-0.25, -0.2) is 0 Å². The van der Waals surface area contributed by atoms with Crippen molar-refractivity contribution in [1.29, 1.82) is 0 Å². The number of hydrogen-bond donors (Lipinski definition) is 2. The van der Waals surface area contributed by atoms with E-state index in [4.69, 9.17) is 0 Å². The Morgan fingerprint density at radius 1 is 1.32 bits per heavy atom. The highest BCUT2D eigenvalue weighted by molar-refractivity contribution is 5.81. The second-order valence-electron chi connectivity index (χ2n) is 5.69. The molecule has 0 aliphatic carbocycles. The molecular weight excluding hydrogens is 238 g/mol. The summed E-state index contributed by atoms with van der Waals surface area (Å²) < 4.78 is 0. The van der Waals surface area contributed by atoms with E-state index >= 15 is 0 Å². The molecule has 1 aliphatic rings. The van der Waals surface area contributed by atoms with Gasteiger partial charge in [-0.3, -0.25) is 9.69 Å². The molecule has 0 saturated carbocycles. The predicted octanol–water partition coefficient (Wildman–Crippen LogP) is 1.61. The molecule has 0 bridgehead atoms. The van der Waals surface area contributed by atoms with E-state index in [0.717, 1.165) is 44.9 Å². The van der Waals surface area contributed by atoms with Gasteiger partial charge in [-0.1, -0.05) is 13.3 Å². The van der Waals surface area contributed by atoms with Gasteiger partial charge in [-0.15, -0.1) is 0 Å². The van der Waals surface area contributed by atoms with Crippen molar-refractivity contribution < 1.29 is 4.79 Å². The Bertz CT molecular complexity index is 250. The molecule has 1 atom stereocenters. The molecule has 1 amide bonds. The van der Waals surface area contributed by atoms with E-state index in [2.05, 4.69) is 22.5 Å². The zero-order valence-corrected chi connectivity index (χ0v) is 12.9. The number of unbranched alkanes of at least 4 members (excludes halogenated alkanes) is 1.